The Morgan fingerprint density at radius 2 is 1.81 bits per heavy atom. The van der Waals surface area contributed by atoms with Gasteiger partial charge in [-0.2, -0.15) is 0 Å². The highest BCUT2D eigenvalue weighted by atomic mass is 35.5. The fourth-order valence-electron chi connectivity index (χ4n) is 2.07. The molecule has 0 fully saturated rings. The highest BCUT2D eigenvalue weighted by Crippen LogP contribution is 2.16. The SMILES string of the molecule is CC[C@@H](NC(=O)/C=C/c1ccc(Cl)cc1)c1ccccc1. The van der Waals surface area contributed by atoms with Crippen molar-refractivity contribution in [2.75, 3.05) is 0 Å². The summed E-state index contributed by atoms with van der Waals surface area (Å²) in [6.45, 7) is 2.06. The van der Waals surface area contributed by atoms with Crippen molar-refractivity contribution < 1.29 is 4.79 Å². The second-order valence-corrected chi connectivity index (χ2v) is 5.20. The molecule has 0 radical (unpaired) electrons. The lowest BCUT2D eigenvalue weighted by Crippen LogP contribution is -2.26. The van der Waals surface area contributed by atoms with Gasteiger partial charge in [-0.25, -0.2) is 0 Å². The van der Waals surface area contributed by atoms with Gasteiger partial charge in [0.2, 0.25) is 5.91 Å². The summed E-state index contributed by atoms with van der Waals surface area (Å²) in [5.74, 6) is -0.0966. The van der Waals surface area contributed by atoms with Crippen LogP contribution in [0.15, 0.2) is 60.7 Å². The van der Waals surface area contributed by atoms with Crippen LogP contribution in [-0.2, 0) is 4.79 Å². The number of rotatable bonds is 5. The Bertz CT molecular complexity index is 605. The van der Waals surface area contributed by atoms with E-state index >= 15 is 0 Å². The van der Waals surface area contributed by atoms with Crippen molar-refractivity contribution in [1.29, 1.82) is 0 Å². The van der Waals surface area contributed by atoms with Crippen LogP contribution in [0, 0.1) is 0 Å². The zero-order chi connectivity index (χ0) is 15.1. The monoisotopic (exact) mass is 299 g/mol. The van der Waals surface area contributed by atoms with Crippen LogP contribution in [0.2, 0.25) is 5.02 Å². The summed E-state index contributed by atoms with van der Waals surface area (Å²) in [6.07, 6.45) is 4.18. The normalized spacial score (nSPS) is 12.3. The summed E-state index contributed by atoms with van der Waals surface area (Å²) in [5.41, 5.74) is 2.07. The van der Waals surface area contributed by atoms with Crippen molar-refractivity contribution in [3.8, 4) is 0 Å². The van der Waals surface area contributed by atoms with Crippen molar-refractivity contribution in [1.82, 2.24) is 5.32 Å². The number of halogens is 1. The molecule has 1 amide bonds. The lowest BCUT2D eigenvalue weighted by molar-refractivity contribution is -0.117. The number of hydrogen-bond acceptors (Lipinski definition) is 1. The Kier molecular flexibility index (Phi) is 5.59. The molecule has 108 valence electrons. The molecular formula is C18H18ClNO. The van der Waals surface area contributed by atoms with Gasteiger partial charge in [0.25, 0.3) is 0 Å². The van der Waals surface area contributed by atoms with Gasteiger partial charge in [0, 0.05) is 11.1 Å². The standard InChI is InChI=1S/C18H18ClNO/c1-2-17(15-6-4-3-5-7-15)20-18(21)13-10-14-8-11-16(19)12-9-14/h3-13,17H,2H2,1H3,(H,20,21)/b13-10+/t17-/m1/s1. The molecule has 2 aromatic carbocycles. The van der Waals surface area contributed by atoms with Gasteiger partial charge >= 0.3 is 0 Å². The molecule has 0 aliphatic carbocycles. The summed E-state index contributed by atoms with van der Waals surface area (Å²) in [5, 5.41) is 3.70. The predicted molar refractivity (Wildman–Crippen MR) is 88.1 cm³/mol. The molecule has 0 aromatic heterocycles. The molecule has 0 bridgehead atoms. The number of nitrogens with one attached hydrogen (secondary N) is 1. The van der Waals surface area contributed by atoms with Crippen molar-refractivity contribution in [3.05, 3.63) is 76.8 Å². The topological polar surface area (TPSA) is 29.1 Å². The molecule has 2 rings (SSSR count). The highest BCUT2D eigenvalue weighted by Gasteiger charge is 2.10. The Hall–Kier alpha value is -2.06. The van der Waals surface area contributed by atoms with Crippen LogP contribution >= 0.6 is 11.6 Å². The van der Waals surface area contributed by atoms with E-state index in [0.29, 0.717) is 5.02 Å². The minimum atomic E-state index is -0.0966. The fraction of sp³-hybridized carbons (Fsp3) is 0.167. The highest BCUT2D eigenvalue weighted by molar-refractivity contribution is 6.30. The molecule has 1 atom stereocenters. The minimum absolute atomic E-state index is 0.0357. The van der Waals surface area contributed by atoms with Crippen LogP contribution in [-0.4, -0.2) is 5.91 Å². The van der Waals surface area contributed by atoms with E-state index in [1.807, 2.05) is 42.5 Å². The Morgan fingerprint density at radius 1 is 1.14 bits per heavy atom. The zero-order valence-electron chi connectivity index (χ0n) is 11.9. The van der Waals surface area contributed by atoms with E-state index in [2.05, 4.69) is 12.2 Å². The van der Waals surface area contributed by atoms with Gasteiger partial charge < -0.3 is 5.32 Å². The van der Waals surface area contributed by atoms with Crippen LogP contribution in [0.4, 0.5) is 0 Å². The molecule has 2 aromatic rings. The van der Waals surface area contributed by atoms with E-state index in [1.54, 1.807) is 24.3 Å². The van der Waals surface area contributed by atoms with Crippen molar-refractivity contribution >= 4 is 23.6 Å². The van der Waals surface area contributed by atoms with Crippen molar-refractivity contribution in [2.24, 2.45) is 0 Å². The summed E-state index contributed by atoms with van der Waals surface area (Å²) in [4.78, 5) is 12.0. The molecule has 0 aliphatic rings. The number of amides is 1. The van der Waals surface area contributed by atoms with E-state index in [-0.39, 0.29) is 11.9 Å². The maximum absolute atomic E-state index is 12.0. The number of benzene rings is 2. The van der Waals surface area contributed by atoms with Gasteiger partial charge in [0.05, 0.1) is 6.04 Å². The lowest BCUT2D eigenvalue weighted by atomic mass is 10.0. The van der Waals surface area contributed by atoms with Crippen molar-refractivity contribution in [3.63, 3.8) is 0 Å². The third-order valence-electron chi connectivity index (χ3n) is 3.22. The Morgan fingerprint density at radius 3 is 2.43 bits per heavy atom. The number of hydrogen-bond donors (Lipinski definition) is 1. The smallest absolute Gasteiger partial charge is 0.244 e. The van der Waals surface area contributed by atoms with E-state index in [9.17, 15) is 4.79 Å². The number of carbonyl (C=O) groups is 1. The molecule has 0 aliphatic heterocycles. The van der Waals surface area contributed by atoms with Crippen LogP contribution in [0.3, 0.4) is 0 Å². The summed E-state index contributed by atoms with van der Waals surface area (Å²) >= 11 is 5.83. The second-order valence-electron chi connectivity index (χ2n) is 4.76. The molecule has 21 heavy (non-hydrogen) atoms. The third kappa shape index (κ3) is 4.76. The predicted octanol–water partition coefficient (Wildman–Crippen LogP) is 4.62. The Labute approximate surface area is 130 Å². The molecule has 0 saturated heterocycles. The molecule has 0 heterocycles. The van der Waals surface area contributed by atoms with E-state index in [0.717, 1.165) is 17.5 Å². The first kappa shape index (κ1) is 15.3. The van der Waals surface area contributed by atoms with Gasteiger partial charge in [-0.3, -0.25) is 4.79 Å². The first-order valence-electron chi connectivity index (χ1n) is 6.98. The summed E-state index contributed by atoms with van der Waals surface area (Å²) < 4.78 is 0. The zero-order valence-corrected chi connectivity index (χ0v) is 12.7. The van der Waals surface area contributed by atoms with Gasteiger partial charge in [0.15, 0.2) is 0 Å². The minimum Gasteiger partial charge on any atom is -0.346 e. The van der Waals surface area contributed by atoms with E-state index in [4.69, 9.17) is 11.6 Å². The average molecular weight is 300 g/mol. The molecule has 0 spiro atoms. The van der Waals surface area contributed by atoms with Gasteiger partial charge in [-0.15, -0.1) is 0 Å². The molecule has 3 heteroatoms. The first-order valence-corrected chi connectivity index (χ1v) is 7.36. The second kappa shape index (κ2) is 7.65. The maximum atomic E-state index is 12.0. The van der Waals surface area contributed by atoms with Gasteiger partial charge in [-0.05, 0) is 35.8 Å². The van der Waals surface area contributed by atoms with Gasteiger partial charge in [0.1, 0.15) is 0 Å². The lowest BCUT2D eigenvalue weighted by Gasteiger charge is -2.16. The van der Waals surface area contributed by atoms with E-state index < -0.39 is 0 Å². The quantitative estimate of drug-likeness (QED) is 0.802. The molecule has 0 saturated carbocycles. The first-order chi connectivity index (χ1) is 10.2. The molecular weight excluding hydrogens is 282 g/mol. The van der Waals surface area contributed by atoms with Crippen LogP contribution in [0.5, 0.6) is 0 Å². The Balaban J connectivity index is 1.98. The number of carbonyl (C=O) groups excluding carboxylic acids is 1. The molecule has 1 N–H and O–H groups in total. The summed E-state index contributed by atoms with van der Waals surface area (Å²) in [6, 6.07) is 17.4. The largest absolute Gasteiger partial charge is 0.346 e. The van der Waals surface area contributed by atoms with Gasteiger partial charge in [-0.1, -0.05) is 61.0 Å². The van der Waals surface area contributed by atoms with Crippen LogP contribution in [0.1, 0.15) is 30.5 Å². The average Bonchev–Trinajstić information content (AvgIpc) is 2.53. The maximum Gasteiger partial charge on any atom is 0.244 e. The third-order valence-corrected chi connectivity index (χ3v) is 3.48. The summed E-state index contributed by atoms with van der Waals surface area (Å²) in [7, 11) is 0. The van der Waals surface area contributed by atoms with Crippen LogP contribution < -0.4 is 5.32 Å². The van der Waals surface area contributed by atoms with Crippen LogP contribution in [0.25, 0.3) is 6.08 Å². The molecule has 0 unspecified atom stereocenters. The fourth-order valence-corrected chi connectivity index (χ4v) is 2.20. The molecule has 2 nitrogen and oxygen atoms in total. The van der Waals surface area contributed by atoms with Crippen molar-refractivity contribution in [2.45, 2.75) is 19.4 Å². The van der Waals surface area contributed by atoms with E-state index in [1.165, 1.54) is 0 Å².